The molecule has 4 rings (SSSR count). The molecule has 2 atom stereocenters. The fraction of sp³-hybridized carbons (Fsp3) is 0.300. The van der Waals surface area contributed by atoms with Gasteiger partial charge in [0.25, 0.3) is 5.91 Å². The Bertz CT molecular complexity index is 986. The Hall–Kier alpha value is -2.12. The average molecular weight is 401 g/mol. The Morgan fingerprint density at radius 1 is 1.11 bits per heavy atom. The number of hydrogen-bond donors (Lipinski definition) is 0. The molecule has 0 saturated carbocycles. The standard InChI is InChI=1S/C20H20N2O3S2/c1-14-7-9-15(10-8-14)11-22-17-12-27(24,25)13-18(17)26-20(22)21-19(23)16-5-3-2-4-6-16/h2-10,17-18H,11-13H2,1H3/t17-,18-/m1/s1. The van der Waals surface area contributed by atoms with Gasteiger partial charge in [0.05, 0.1) is 17.5 Å². The van der Waals surface area contributed by atoms with Crippen LogP contribution >= 0.6 is 11.8 Å². The van der Waals surface area contributed by atoms with E-state index in [-0.39, 0.29) is 28.7 Å². The van der Waals surface area contributed by atoms with Gasteiger partial charge in [0.1, 0.15) is 0 Å². The van der Waals surface area contributed by atoms with Crippen molar-refractivity contribution in [3.8, 4) is 0 Å². The van der Waals surface area contributed by atoms with Gasteiger partial charge in [0, 0.05) is 17.4 Å². The van der Waals surface area contributed by atoms with Gasteiger partial charge in [-0.15, -0.1) is 0 Å². The molecule has 1 amide bonds. The number of amidine groups is 1. The molecule has 27 heavy (non-hydrogen) atoms. The topological polar surface area (TPSA) is 66.8 Å². The van der Waals surface area contributed by atoms with Crippen LogP contribution < -0.4 is 0 Å². The number of hydrogen-bond acceptors (Lipinski definition) is 4. The fourth-order valence-corrected chi connectivity index (χ4v) is 7.39. The van der Waals surface area contributed by atoms with Gasteiger partial charge in [-0.3, -0.25) is 4.79 Å². The summed E-state index contributed by atoms with van der Waals surface area (Å²) in [5.74, 6) is -0.0322. The maximum absolute atomic E-state index is 12.5. The van der Waals surface area contributed by atoms with Crippen molar-refractivity contribution in [1.82, 2.24) is 4.90 Å². The van der Waals surface area contributed by atoms with E-state index in [0.717, 1.165) is 5.56 Å². The van der Waals surface area contributed by atoms with Crippen LogP contribution in [0.1, 0.15) is 21.5 Å². The minimum Gasteiger partial charge on any atom is -0.342 e. The molecule has 0 aliphatic carbocycles. The van der Waals surface area contributed by atoms with Gasteiger partial charge < -0.3 is 4.90 Å². The highest BCUT2D eigenvalue weighted by Gasteiger charge is 2.48. The lowest BCUT2D eigenvalue weighted by molar-refractivity contribution is 0.100. The van der Waals surface area contributed by atoms with Crippen LogP contribution in [0, 0.1) is 6.92 Å². The highest BCUT2D eigenvalue weighted by Crippen LogP contribution is 2.39. The summed E-state index contributed by atoms with van der Waals surface area (Å²) in [6.07, 6.45) is 0. The molecule has 140 valence electrons. The van der Waals surface area contributed by atoms with E-state index >= 15 is 0 Å². The third-order valence-corrected chi connectivity index (χ3v) is 8.11. The number of sulfone groups is 1. The van der Waals surface area contributed by atoms with Gasteiger partial charge in [-0.05, 0) is 24.6 Å². The van der Waals surface area contributed by atoms with Crippen molar-refractivity contribution in [2.45, 2.75) is 24.8 Å². The number of rotatable bonds is 3. The highest BCUT2D eigenvalue weighted by atomic mass is 32.2. The van der Waals surface area contributed by atoms with Crippen molar-refractivity contribution in [3.05, 3.63) is 71.3 Å². The Kier molecular flexibility index (Phi) is 4.82. The maximum atomic E-state index is 12.5. The van der Waals surface area contributed by atoms with Crippen molar-refractivity contribution in [2.75, 3.05) is 11.5 Å². The van der Waals surface area contributed by atoms with Gasteiger partial charge in [-0.25, -0.2) is 8.42 Å². The van der Waals surface area contributed by atoms with Gasteiger partial charge in [0.2, 0.25) is 0 Å². The molecule has 0 radical (unpaired) electrons. The molecule has 2 aromatic carbocycles. The molecule has 7 heteroatoms. The molecule has 0 bridgehead atoms. The predicted octanol–water partition coefficient (Wildman–Crippen LogP) is 2.91. The van der Waals surface area contributed by atoms with Crippen LogP contribution in [0.15, 0.2) is 59.6 Å². The average Bonchev–Trinajstić information content (AvgIpc) is 3.10. The molecule has 2 heterocycles. The number of carbonyl (C=O) groups is 1. The maximum Gasteiger partial charge on any atom is 0.279 e. The third kappa shape index (κ3) is 3.94. The lowest BCUT2D eigenvalue weighted by atomic mass is 10.1. The largest absolute Gasteiger partial charge is 0.342 e. The van der Waals surface area contributed by atoms with Gasteiger partial charge >= 0.3 is 0 Å². The number of amides is 1. The van der Waals surface area contributed by atoms with E-state index in [4.69, 9.17) is 0 Å². The van der Waals surface area contributed by atoms with Crippen LogP contribution in [-0.4, -0.2) is 47.2 Å². The van der Waals surface area contributed by atoms with Crippen molar-refractivity contribution < 1.29 is 13.2 Å². The predicted molar refractivity (Wildman–Crippen MR) is 109 cm³/mol. The number of benzene rings is 2. The number of aryl methyl sites for hydroxylation is 1. The molecule has 0 N–H and O–H groups in total. The molecular formula is C20H20N2O3S2. The molecule has 0 spiro atoms. The summed E-state index contributed by atoms with van der Waals surface area (Å²) in [5.41, 5.74) is 2.78. The van der Waals surface area contributed by atoms with E-state index in [1.807, 2.05) is 42.2 Å². The van der Waals surface area contributed by atoms with Crippen LogP contribution in [0.2, 0.25) is 0 Å². The van der Waals surface area contributed by atoms with E-state index in [0.29, 0.717) is 17.3 Å². The number of carbonyl (C=O) groups excluding carboxylic acids is 1. The first kappa shape index (κ1) is 18.3. The lowest BCUT2D eigenvalue weighted by Gasteiger charge is -2.24. The molecule has 0 aromatic heterocycles. The Labute approximate surface area is 163 Å². The summed E-state index contributed by atoms with van der Waals surface area (Å²) in [4.78, 5) is 18.9. The summed E-state index contributed by atoms with van der Waals surface area (Å²) >= 11 is 1.41. The number of thioether (sulfide) groups is 1. The first-order chi connectivity index (χ1) is 12.9. The smallest absolute Gasteiger partial charge is 0.279 e. The second-order valence-corrected chi connectivity index (χ2v) is 10.3. The van der Waals surface area contributed by atoms with E-state index in [1.165, 1.54) is 17.3 Å². The molecule has 2 aliphatic heterocycles. The number of fused-ring (bicyclic) bond motifs is 1. The molecule has 2 saturated heterocycles. The van der Waals surface area contributed by atoms with Gasteiger partial charge in [-0.1, -0.05) is 59.8 Å². The van der Waals surface area contributed by atoms with Crippen molar-refractivity contribution in [2.24, 2.45) is 4.99 Å². The van der Waals surface area contributed by atoms with Gasteiger partial charge in [0.15, 0.2) is 15.0 Å². The molecule has 5 nitrogen and oxygen atoms in total. The lowest BCUT2D eigenvalue weighted by Crippen LogP contribution is -2.37. The van der Waals surface area contributed by atoms with Gasteiger partial charge in [-0.2, -0.15) is 4.99 Å². The summed E-state index contributed by atoms with van der Waals surface area (Å²) in [6, 6.07) is 16.9. The molecule has 2 fully saturated rings. The summed E-state index contributed by atoms with van der Waals surface area (Å²) in [6.45, 7) is 2.57. The normalized spacial score (nSPS) is 24.9. The van der Waals surface area contributed by atoms with Crippen LogP contribution in [0.25, 0.3) is 0 Å². The Balaban J connectivity index is 1.64. The van der Waals surface area contributed by atoms with Crippen molar-refractivity contribution >= 4 is 32.7 Å². The summed E-state index contributed by atoms with van der Waals surface area (Å²) < 4.78 is 24.2. The zero-order valence-corrected chi connectivity index (χ0v) is 16.5. The second kappa shape index (κ2) is 7.13. The molecule has 2 aliphatic rings. The minimum atomic E-state index is -3.04. The van der Waals surface area contributed by atoms with E-state index < -0.39 is 9.84 Å². The molecular weight excluding hydrogens is 380 g/mol. The quantitative estimate of drug-likeness (QED) is 0.793. The molecule has 0 unspecified atom stereocenters. The Morgan fingerprint density at radius 2 is 1.81 bits per heavy atom. The van der Waals surface area contributed by atoms with Crippen LogP contribution in [-0.2, 0) is 16.4 Å². The zero-order chi connectivity index (χ0) is 19.0. The van der Waals surface area contributed by atoms with E-state index in [9.17, 15) is 13.2 Å². The highest BCUT2D eigenvalue weighted by molar-refractivity contribution is 8.15. The third-order valence-electron chi connectivity index (χ3n) is 4.87. The van der Waals surface area contributed by atoms with E-state index in [1.54, 1.807) is 24.3 Å². The minimum absolute atomic E-state index is 0.0669. The van der Waals surface area contributed by atoms with Crippen LogP contribution in [0.4, 0.5) is 0 Å². The van der Waals surface area contributed by atoms with Crippen LogP contribution in [0.5, 0.6) is 0 Å². The summed E-state index contributed by atoms with van der Waals surface area (Å²) in [5, 5.41) is 0.553. The number of aliphatic imine (C=N–C) groups is 1. The monoisotopic (exact) mass is 400 g/mol. The van der Waals surface area contributed by atoms with Crippen LogP contribution in [0.3, 0.4) is 0 Å². The summed E-state index contributed by atoms with van der Waals surface area (Å²) in [7, 11) is -3.04. The van der Waals surface area contributed by atoms with Crippen molar-refractivity contribution in [1.29, 1.82) is 0 Å². The number of nitrogens with zero attached hydrogens (tertiary/aromatic N) is 2. The van der Waals surface area contributed by atoms with Crippen molar-refractivity contribution in [3.63, 3.8) is 0 Å². The first-order valence-electron chi connectivity index (χ1n) is 8.79. The van der Waals surface area contributed by atoms with E-state index in [2.05, 4.69) is 4.99 Å². The SMILES string of the molecule is Cc1ccc(CN2C(=NC(=O)c3ccccc3)S[C@@H]3CS(=O)(=O)C[C@H]32)cc1. The Morgan fingerprint density at radius 3 is 2.52 bits per heavy atom. The molecule has 2 aromatic rings. The zero-order valence-electron chi connectivity index (χ0n) is 14.9. The first-order valence-corrected chi connectivity index (χ1v) is 11.5. The second-order valence-electron chi connectivity index (χ2n) is 6.98. The fourth-order valence-electron chi connectivity index (χ4n) is 3.44.